The molecule has 1 aliphatic heterocycles. The summed E-state index contributed by atoms with van der Waals surface area (Å²) in [5.41, 5.74) is 0. The summed E-state index contributed by atoms with van der Waals surface area (Å²) in [4.78, 5) is 4.72. The summed E-state index contributed by atoms with van der Waals surface area (Å²) in [7, 11) is 6.54. The Balaban J connectivity index is 2.17. The Hall–Kier alpha value is -0.0800. The van der Waals surface area contributed by atoms with Crippen LogP contribution in [0.3, 0.4) is 0 Å². The molecule has 0 bridgehead atoms. The SMILES string of the molecule is CN(C)CC1CCN(C)CC1. The molecule has 0 aromatic heterocycles. The van der Waals surface area contributed by atoms with Crippen molar-refractivity contribution in [2.45, 2.75) is 12.8 Å². The molecular weight excluding hydrogens is 136 g/mol. The summed E-state index contributed by atoms with van der Waals surface area (Å²) in [5.74, 6) is 0.946. The van der Waals surface area contributed by atoms with Crippen LogP contribution in [-0.4, -0.2) is 50.6 Å². The van der Waals surface area contributed by atoms with Crippen LogP contribution in [0.2, 0.25) is 0 Å². The third kappa shape index (κ3) is 3.21. The molecule has 1 aliphatic rings. The Morgan fingerprint density at radius 3 is 2.27 bits per heavy atom. The summed E-state index contributed by atoms with van der Waals surface area (Å²) in [5, 5.41) is 0. The number of nitrogens with zero attached hydrogens (tertiary/aromatic N) is 2. The van der Waals surface area contributed by atoms with E-state index in [1.807, 2.05) is 0 Å². The molecule has 1 saturated heterocycles. The van der Waals surface area contributed by atoms with Gasteiger partial charge in [0.25, 0.3) is 0 Å². The largest absolute Gasteiger partial charge is 0.309 e. The summed E-state index contributed by atoms with van der Waals surface area (Å²) >= 11 is 0. The van der Waals surface area contributed by atoms with Crippen LogP contribution >= 0.6 is 0 Å². The van der Waals surface area contributed by atoms with Gasteiger partial charge in [-0.3, -0.25) is 0 Å². The molecule has 66 valence electrons. The highest BCUT2D eigenvalue weighted by Crippen LogP contribution is 2.15. The van der Waals surface area contributed by atoms with Gasteiger partial charge < -0.3 is 9.80 Å². The van der Waals surface area contributed by atoms with Crippen LogP contribution in [0, 0.1) is 5.92 Å². The number of hydrogen-bond acceptors (Lipinski definition) is 2. The zero-order chi connectivity index (χ0) is 8.27. The first-order valence-electron chi connectivity index (χ1n) is 4.52. The third-order valence-electron chi connectivity index (χ3n) is 2.46. The molecule has 1 rings (SSSR count). The highest BCUT2D eigenvalue weighted by atomic mass is 15.1. The monoisotopic (exact) mass is 156 g/mol. The lowest BCUT2D eigenvalue weighted by Crippen LogP contribution is -2.34. The summed E-state index contributed by atoms with van der Waals surface area (Å²) in [6, 6.07) is 0. The minimum Gasteiger partial charge on any atom is -0.309 e. The number of rotatable bonds is 2. The maximum absolute atomic E-state index is 2.42. The van der Waals surface area contributed by atoms with E-state index in [0.29, 0.717) is 0 Å². The Kier molecular flexibility index (Phi) is 3.34. The van der Waals surface area contributed by atoms with E-state index in [1.54, 1.807) is 0 Å². The molecule has 0 unspecified atom stereocenters. The molecule has 0 atom stereocenters. The fourth-order valence-electron chi connectivity index (χ4n) is 1.76. The molecule has 1 heterocycles. The van der Waals surface area contributed by atoms with Gasteiger partial charge in [0.15, 0.2) is 0 Å². The fraction of sp³-hybridized carbons (Fsp3) is 1.00. The predicted octanol–water partition coefficient (Wildman–Crippen LogP) is 0.890. The van der Waals surface area contributed by atoms with Gasteiger partial charge in [-0.05, 0) is 53.0 Å². The number of piperidine rings is 1. The van der Waals surface area contributed by atoms with Gasteiger partial charge in [0.2, 0.25) is 0 Å². The van der Waals surface area contributed by atoms with Gasteiger partial charge in [-0.25, -0.2) is 0 Å². The second-order valence-electron chi connectivity index (χ2n) is 4.01. The van der Waals surface area contributed by atoms with Gasteiger partial charge in [-0.1, -0.05) is 0 Å². The van der Waals surface area contributed by atoms with Crippen molar-refractivity contribution in [1.29, 1.82) is 0 Å². The highest BCUT2D eigenvalue weighted by Gasteiger charge is 2.16. The summed E-state index contributed by atoms with van der Waals surface area (Å²) in [6.45, 7) is 3.85. The molecule has 0 aliphatic carbocycles. The first-order valence-corrected chi connectivity index (χ1v) is 4.52. The van der Waals surface area contributed by atoms with Crippen molar-refractivity contribution in [2.75, 3.05) is 40.8 Å². The molecule has 0 aromatic carbocycles. The topological polar surface area (TPSA) is 6.48 Å². The van der Waals surface area contributed by atoms with Crippen LogP contribution in [0.25, 0.3) is 0 Å². The van der Waals surface area contributed by atoms with Gasteiger partial charge in [-0.2, -0.15) is 0 Å². The molecule has 11 heavy (non-hydrogen) atoms. The van der Waals surface area contributed by atoms with Crippen LogP contribution in [0.15, 0.2) is 0 Å². The van der Waals surface area contributed by atoms with Crippen LogP contribution in [0.1, 0.15) is 12.8 Å². The van der Waals surface area contributed by atoms with Crippen LogP contribution in [0.5, 0.6) is 0 Å². The molecule has 2 nitrogen and oxygen atoms in total. The van der Waals surface area contributed by atoms with Crippen molar-refractivity contribution in [3.63, 3.8) is 0 Å². The van der Waals surface area contributed by atoms with Crippen molar-refractivity contribution in [2.24, 2.45) is 5.92 Å². The minimum atomic E-state index is 0.946. The Labute approximate surface area is 70.2 Å². The van der Waals surface area contributed by atoms with Crippen molar-refractivity contribution >= 4 is 0 Å². The van der Waals surface area contributed by atoms with Gasteiger partial charge in [0.1, 0.15) is 0 Å². The lowest BCUT2D eigenvalue weighted by Gasteiger charge is -2.30. The van der Waals surface area contributed by atoms with Crippen molar-refractivity contribution in [1.82, 2.24) is 9.80 Å². The fourth-order valence-corrected chi connectivity index (χ4v) is 1.76. The van der Waals surface area contributed by atoms with Crippen molar-refractivity contribution in [3.05, 3.63) is 0 Å². The molecule has 0 N–H and O–H groups in total. The average Bonchev–Trinajstić information content (AvgIpc) is 1.93. The Morgan fingerprint density at radius 2 is 1.82 bits per heavy atom. The zero-order valence-electron chi connectivity index (χ0n) is 8.01. The Bertz CT molecular complexity index is 104. The van der Waals surface area contributed by atoms with Crippen molar-refractivity contribution in [3.8, 4) is 0 Å². The second kappa shape index (κ2) is 4.07. The van der Waals surface area contributed by atoms with Gasteiger partial charge in [0, 0.05) is 6.54 Å². The maximum atomic E-state index is 2.42. The molecule has 1 fully saturated rings. The first-order chi connectivity index (χ1) is 5.18. The molecule has 0 amide bonds. The van der Waals surface area contributed by atoms with E-state index in [1.165, 1.54) is 32.5 Å². The van der Waals surface area contributed by atoms with E-state index in [4.69, 9.17) is 0 Å². The molecular formula is C9H20N2. The van der Waals surface area contributed by atoms with E-state index in [9.17, 15) is 0 Å². The average molecular weight is 156 g/mol. The summed E-state index contributed by atoms with van der Waals surface area (Å²) in [6.07, 6.45) is 2.77. The van der Waals surface area contributed by atoms with Crippen LogP contribution in [0.4, 0.5) is 0 Å². The molecule has 2 heteroatoms. The molecule has 0 saturated carbocycles. The smallest absolute Gasteiger partial charge is 0.000451 e. The normalized spacial score (nSPS) is 22.9. The maximum Gasteiger partial charge on any atom is 0.000451 e. The van der Waals surface area contributed by atoms with E-state index in [-0.39, 0.29) is 0 Å². The lowest BCUT2D eigenvalue weighted by molar-refractivity contribution is 0.188. The Morgan fingerprint density at radius 1 is 1.27 bits per heavy atom. The van der Waals surface area contributed by atoms with Crippen molar-refractivity contribution < 1.29 is 0 Å². The molecule has 0 aromatic rings. The molecule has 0 spiro atoms. The minimum absolute atomic E-state index is 0.946. The van der Waals surface area contributed by atoms with Crippen LogP contribution < -0.4 is 0 Å². The highest BCUT2D eigenvalue weighted by molar-refractivity contribution is 4.71. The van der Waals surface area contributed by atoms with E-state index >= 15 is 0 Å². The van der Waals surface area contributed by atoms with Gasteiger partial charge >= 0.3 is 0 Å². The van der Waals surface area contributed by atoms with E-state index < -0.39 is 0 Å². The zero-order valence-corrected chi connectivity index (χ0v) is 8.01. The lowest BCUT2D eigenvalue weighted by atomic mass is 9.97. The van der Waals surface area contributed by atoms with Gasteiger partial charge in [-0.15, -0.1) is 0 Å². The predicted molar refractivity (Wildman–Crippen MR) is 48.8 cm³/mol. The summed E-state index contributed by atoms with van der Waals surface area (Å²) < 4.78 is 0. The van der Waals surface area contributed by atoms with E-state index in [2.05, 4.69) is 30.9 Å². The number of likely N-dealkylation sites (tertiary alicyclic amines) is 1. The van der Waals surface area contributed by atoms with E-state index in [0.717, 1.165) is 5.92 Å². The van der Waals surface area contributed by atoms with Gasteiger partial charge in [0.05, 0.1) is 0 Å². The standard InChI is InChI=1S/C9H20N2/c1-10(2)8-9-4-6-11(3)7-5-9/h9H,4-8H2,1-3H3. The first kappa shape index (κ1) is 9.01. The third-order valence-corrected chi connectivity index (χ3v) is 2.46. The quantitative estimate of drug-likeness (QED) is 0.586. The van der Waals surface area contributed by atoms with Crippen LogP contribution in [-0.2, 0) is 0 Å². The number of hydrogen-bond donors (Lipinski definition) is 0. The second-order valence-corrected chi connectivity index (χ2v) is 4.01. The molecule has 0 radical (unpaired) electrons.